The molecule has 0 saturated carbocycles. The van der Waals surface area contributed by atoms with Crippen molar-refractivity contribution in [3.63, 3.8) is 0 Å². The third-order valence-electron chi connectivity index (χ3n) is 6.08. The van der Waals surface area contributed by atoms with Gasteiger partial charge in [-0.2, -0.15) is 13.2 Å². The van der Waals surface area contributed by atoms with Crippen LogP contribution < -0.4 is 9.96 Å². The van der Waals surface area contributed by atoms with Crippen molar-refractivity contribution < 1.29 is 27.6 Å². The highest BCUT2D eigenvalue weighted by Crippen LogP contribution is 2.49. The van der Waals surface area contributed by atoms with Gasteiger partial charge < -0.3 is 0 Å². The number of fused-ring (bicyclic) bond motifs is 1. The summed E-state index contributed by atoms with van der Waals surface area (Å²) in [6.45, 7) is 1.88. The molecule has 8 heteroatoms. The molecule has 5 nitrogen and oxygen atoms in total. The SMILES string of the molecule is Cc1ccccc1C1C2C(=O)N(c3ccccc3C(F)(F)F)C(=O)C2ON1c1ccccc1. The number of carbonyl (C=O) groups excluding carboxylic acids is 2. The highest BCUT2D eigenvalue weighted by atomic mass is 19.4. The Kier molecular flexibility index (Phi) is 4.97. The second-order valence-electron chi connectivity index (χ2n) is 8.04. The number of para-hydroxylation sites is 2. The zero-order valence-corrected chi connectivity index (χ0v) is 17.5. The van der Waals surface area contributed by atoms with Crippen LogP contribution in [0.25, 0.3) is 0 Å². The predicted octanol–water partition coefficient (Wildman–Crippen LogP) is 5.06. The highest BCUT2D eigenvalue weighted by Gasteiger charge is 2.61. The van der Waals surface area contributed by atoms with E-state index >= 15 is 0 Å². The molecule has 0 bridgehead atoms. The summed E-state index contributed by atoms with van der Waals surface area (Å²) in [6.07, 6.45) is -5.95. The van der Waals surface area contributed by atoms with Crippen molar-refractivity contribution in [3.05, 3.63) is 95.6 Å². The normalized spacial score (nSPS) is 22.7. The fourth-order valence-corrected chi connectivity index (χ4v) is 4.59. The number of anilines is 2. The first kappa shape index (κ1) is 21.2. The van der Waals surface area contributed by atoms with Crippen LogP contribution in [0, 0.1) is 12.8 Å². The molecule has 2 saturated heterocycles. The maximum atomic E-state index is 13.6. The van der Waals surface area contributed by atoms with Crippen molar-refractivity contribution in [3.8, 4) is 0 Å². The van der Waals surface area contributed by atoms with Crippen molar-refractivity contribution in [2.75, 3.05) is 9.96 Å². The second-order valence-corrected chi connectivity index (χ2v) is 8.04. The molecule has 3 aromatic rings. The van der Waals surface area contributed by atoms with Crippen molar-refractivity contribution in [2.24, 2.45) is 5.92 Å². The van der Waals surface area contributed by atoms with Crippen LogP contribution in [-0.2, 0) is 20.6 Å². The summed E-state index contributed by atoms with van der Waals surface area (Å²) in [5.74, 6) is -2.52. The first-order chi connectivity index (χ1) is 15.8. The topological polar surface area (TPSA) is 49.9 Å². The lowest BCUT2D eigenvalue weighted by atomic mass is 9.88. The van der Waals surface area contributed by atoms with E-state index in [1.165, 1.54) is 17.2 Å². The molecular formula is C25H19F3N2O3. The maximum absolute atomic E-state index is 13.6. The number of carbonyl (C=O) groups is 2. The minimum atomic E-state index is -4.72. The van der Waals surface area contributed by atoms with Crippen molar-refractivity contribution in [1.82, 2.24) is 0 Å². The van der Waals surface area contributed by atoms with E-state index in [0.717, 1.165) is 23.3 Å². The smallest absolute Gasteiger partial charge is 0.273 e. The maximum Gasteiger partial charge on any atom is 0.418 e. The molecule has 2 fully saturated rings. The summed E-state index contributed by atoms with van der Waals surface area (Å²) in [5, 5.41) is 1.53. The third kappa shape index (κ3) is 3.38. The Balaban J connectivity index is 1.62. The minimum absolute atomic E-state index is 0.479. The van der Waals surface area contributed by atoms with Crippen LogP contribution in [0.3, 0.4) is 0 Å². The summed E-state index contributed by atoms with van der Waals surface area (Å²) < 4.78 is 40.9. The van der Waals surface area contributed by atoms with E-state index in [1.54, 1.807) is 24.3 Å². The second kappa shape index (κ2) is 7.74. The Labute approximate surface area is 187 Å². The van der Waals surface area contributed by atoms with Gasteiger partial charge in [0.15, 0.2) is 6.10 Å². The minimum Gasteiger partial charge on any atom is -0.273 e. The zero-order chi connectivity index (χ0) is 23.3. The van der Waals surface area contributed by atoms with Gasteiger partial charge in [-0.3, -0.25) is 14.4 Å². The van der Waals surface area contributed by atoms with E-state index in [4.69, 9.17) is 4.84 Å². The van der Waals surface area contributed by atoms with Gasteiger partial charge in [0.2, 0.25) is 5.91 Å². The summed E-state index contributed by atoms with van der Waals surface area (Å²) >= 11 is 0. The van der Waals surface area contributed by atoms with E-state index < -0.39 is 47.3 Å². The average molecular weight is 452 g/mol. The van der Waals surface area contributed by atoms with E-state index in [9.17, 15) is 22.8 Å². The van der Waals surface area contributed by atoms with Gasteiger partial charge in [-0.25, -0.2) is 9.96 Å². The van der Waals surface area contributed by atoms with E-state index in [0.29, 0.717) is 10.6 Å². The lowest BCUT2D eigenvalue weighted by Crippen LogP contribution is -2.38. The van der Waals surface area contributed by atoms with Gasteiger partial charge in [-0.1, -0.05) is 54.6 Å². The molecule has 2 amide bonds. The quantitative estimate of drug-likeness (QED) is 0.521. The van der Waals surface area contributed by atoms with Gasteiger partial charge in [-0.05, 0) is 42.3 Å². The lowest BCUT2D eigenvalue weighted by Gasteiger charge is -2.30. The summed E-state index contributed by atoms with van der Waals surface area (Å²) in [7, 11) is 0. The van der Waals surface area contributed by atoms with Crippen LogP contribution in [0.5, 0.6) is 0 Å². The van der Waals surface area contributed by atoms with Crippen LogP contribution in [0.4, 0.5) is 24.5 Å². The van der Waals surface area contributed by atoms with Crippen LogP contribution in [0.15, 0.2) is 78.9 Å². The van der Waals surface area contributed by atoms with Gasteiger partial charge in [0.05, 0.1) is 23.0 Å². The van der Waals surface area contributed by atoms with Gasteiger partial charge in [0.1, 0.15) is 5.92 Å². The molecule has 0 aliphatic carbocycles. The number of hydrogen-bond acceptors (Lipinski definition) is 4. The molecule has 2 heterocycles. The molecule has 0 radical (unpaired) electrons. The molecule has 33 heavy (non-hydrogen) atoms. The first-order valence-corrected chi connectivity index (χ1v) is 10.4. The Morgan fingerprint density at radius 1 is 0.818 bits per heavy atom. The Morgan fingerprint density at radius 3 is 2.15 bits per heavy atom. The van der Waals surface area contributed by atoms with Crippen LogP contribution >= 0.6 is 0 Å². The molecule has 3 atom stereocenters. The third-order valence-corrected chi connectivity index (χ3v) is 6.08. The van der Waals surface area contributed by atoms with Crippen molar-refractivity contribution >= 4 is 23.2 Å². The fourth-order valence-electron chi connectivity index (χ4n) is 4.59. The molecular weight excluding hydrogens is 433 g/mol. The van der Waals surface area contributed by atoms with Gasteiger partial charge in [-0.15, -0.1) is 0 Å². The number of rotatable bonds is 3. The number of hydroxylamine groups is 1. The predicted molar refractivity (Wildman–Crippen MR) is 115 cm³/mol. The van der Waals surface area contributed by atoms with Gasteiger partial charge >= 0.3 is 6.18 Å². The molecule has 0 aromatic heterocycles. The van der Waals surface area contributed by atoms with E-state index in [2.05, 4.69) is 0 Å². The van der Waals surface area contributed by atoms with Gasteiger partial charge in [0, 0.05) is 0 Å². The number of alkyl halides is 3. The van der Waals surface area contributed by atoms with Crippen molar-refractivity contribution in [2.45, 2.75) is 25.2 Å². The number of amides is 2. The van der Waals surface area contributed by atoms with E-state index in [-0.39, 0.29) is 0 Å². The fraction of sp³-hybridized carbons (Fsp3) is 0.200. The lowest BCUT2D eigenvalue weighted by molar-refractivity contribution is -0.137. The molecule has 3 aromatic carbocycles. The first-order valence-electron chi connectivity index (χ1n) is 10.4. The number of nitrogens with zero attached hydrogens (tertiary/aromatic N) is 2. The largest absolute Gasteiger partial charge is 0.418 e. The molecule has 2 aliphatic heterocycles. The van der Waals surface area contributed by atoms with Crippen LogP contribution in [0.2, 0.25) is 0 Å². The van der Waals surface area contributed by atoms with Crippen molar-refractivity contribution in [1.29, 1.82) is 0 Å². The summed E-state index contributed by atoms with van der Waals surface area (Å²) in [5.41, 5.74) is 0.762. The molecule has 2 aliphatic rings. The number of imide groups is 1. The molecule has 0 spiro atoms. The summed E-state index contributed by atoms with van der Waals surface area (Å²) in [6, 6.07) is 20.3. The molecule has 168 valence electrons. The monoisotopic (exact) mass is 452 g/mol. The highest BCUT2D eigenvalue weighted by molar-refractivity contribution is 6.24. The van der Waals surface area contributed by atoms with Gasteiger partial charge in [0.25, 0.3) is 5.91 Å². The standard InChI is InChI=1S/C25H19F3N2O3/c1-15-9-5-6-12-17(15)21-20-22(33-30(21)16-10-3-2-4-11-16)24(32)29(23(20)31)19-14-8-7-13-18(19)25(26,27)28/h2-14,20-22H,1H3. The number of hydrogen-bond donors (Lipinski definition) is 0. The molecule has 0 N–H and O–H groups in total. The summed E-state index contributed by atoms with van der Waals surface area (Å²) in [4.78, 5) is 33.5. The number of benzene rings is 3. The van der Waals surface area contributed by atoms with Crippen LogP contribution in [0.1, 0.15) is 22.7 Å². The molecule has 5 rings (SSSR count). The number of halogens is 3. The average Bonchev–Trinajstić information content (AvgIpc) is 3.30. The zero-order valence-electron chi connectivity index (χ0n) is 17.5. The van der Waals surface area contributed by atoms with Crippen LogP contribution in [-0.4, -0.2) is 17.9 Å². The van der Waals surface area contributed by atoms with E-state index in [1.807, 2.05) is 37.3 Å². The number of aryl methyl sites for hydroxylation is 1. The Morgan fingerprint density at radius 2 is 1.45 bits per heavy atom. The Hall–Kier alpha value is -3.65. The molecule has 3 unspecified atom stereocenters. The Bertz CT molecular complexity index is 1230.